The molecule has 556 valence electrons. The Balaban J connectivity index is 1.03. The van der Waals surface area contributed by atoms with Gasteiger partial charge in [0.15, 0.2) is 0 Å². The van der Waals surface area contributed by atoms with Crippen LogP contribution in [0, 0.1) is 29.6 Å². The molecule has 5 heterocycles. The molecule has 4 saturated heterocycles. The summed E-state index contributed by atoms with van der Waals surface area (Å²) in [6.45, 7) is 1.93. The highest BCUT2D eigenvalue weighted by Gasteiger charge is 2.46. The number of carboxylic acid groups (broad SMARTS) is 1. The highest BCUT2D eigenvalue weighted by atomic mass is 32.2. The van der Waals surface area contributed by atoms with Crippen molar-refractivity contribution in [2.45, 2.75) is 232 Å². The van der Waals surface area contributed by atoms with Crippen LogP contribution < -0.4 is 64.6 Å². The number of hydrogen-bond donors (Lipinski definition) is 14. The van der Waals surface area contributed by atoms with Crippen LogP contribution >= 0.6 is 23.5 Å². The summed E-state index contributed by atoms with van der Waals surface area (Å²) in [5.74, 6) is -6.45. The summed E-state index contributed by atoms with van der Waals surface area (Å²) < 4.78 is 0. The van der Waals surface area contributed by atoms with E-state index in [2.05, 4.69) is 53.2 Å². The minimum Gasteiger partial charge on any atom is -0.481 e. The molecule has 15 atom stereocenters. The Bertz CT molecular complexity index is 3000. The monoisotopic (exact) mass is 1430 g/mol. The van der Waals surface area contributed by atoms with Crippen LogP contribution in [0.25, 0.3) is 0 Å². The number of fused-ring (bicyclic) bond motifs is 5. The number of likely N-dealkylation sites (N-methyl/N-ethyl adjacent to an activating group) is 2. The minimum atomic E-state index is -1.75. The molecule has 7 fully saturated rings. The van der Waals surface area contributed by atoms with E-state index in [-0.39, 0.29) is 105 Å². The molecule has 10 amide bonds. The lowest BCUT2D eigenvalue weighted by Gasteiger charge is -2.35. The molecule has 0 aromatic heterocycles. The first-order valence-corrected chi connectivity index (χ1v) is 39.1. The number of unbranched alkanes of at least 4 members (excludes halogenated alkanes) is 1. The van der Waals surface area contributed by atoms with Gasteiger partial charge in [0.25, 0.3) is 0 Å². The molecule has 2 bridgehead atoms. The summed E-state index contributed by atoms with van der Waals surface area (Å²) >= 11 is 2.92. The van der Waals surface area contributed by atoms with Crippen LogP contribution in [-0.4, -0.2) is 234 Å². The summed E-state index contributed by atoms with van der Waals surface area (Å²) in [5, 5.41) is 52.3. The molecule has 28 nitrogen and oxygen atoms in total. The predicted molar refractivity (Wildman–Crippen MR) is 379 cm³/mol. The van der Waals surface area contributed by atoms with Crippen LogP contribution in [0.4, 0.5) is 0 Å². The average molecular weight is 1430 g/mol. The number of rotatable bonds is 15. The Morgan fingerprint density at radius 2 is 1.22 bits per heavy atom. The topological polar surface area (TPSA) is 410 Å². The van der Waals surface area contributed by atoms with E-state index in [0.717, 1.165) is 67.4 Å². The normalized spacial score (nSPS) is 33.6. The second kappa shape index (κ2) is 38.4. The lowest BCUT2D eigenvalue weighted by atomic mass is 9.77. The fraction of sp³-hybridized carbons (Fsp3) is 0.757. The van der Waals surface area contributed by atoms with Crippen molar-refractivity contribution in [1.29, 1.82) is 0 Å². The maximum absolute atomic E-state index is 15.6. The third-order valence-electron chi connectivity index (χ3n) is 22.1. The van der Waals surface area contributed by atoms with Gasteiger partial charge in [-0.25, -0.2) is 0 Å². The Hall–Kier alpha value is -6.15. The van der Waals surface area contributed by atoms with Crippen molar-refractivity contribution in [3.05, 3.63) is 35.4 Å². The van der Waals surface area contributed by atoms with Crippen molar-refractivity contribution >= 4 is 88.6 Å². The lowest BCUT2D eigenvalue weighted by molar-refractivity contribution is -0.148. The number of carboxylic acids is 1. The molecule has 8 aliphatic rings. The summed E-state index contributed by atoms with van der Waals surface area (Å²) in [7, 11) is 2.76. The van der Waals surface area contributed by atoms with Gasteiger partial charge in [-0.3, -0.25) is 52.7 Å². The van der Waals surface area contributed by atoms with Gasteiger partial charge in [0.05, 0.1) is 19.1 Å². The van der Waals surface area contributed by atoms with Gasteiger partial charge in [-0.2, -0.15) is 23.5 Å². The SMILES string of the molecule is CN1CC(=O)N[C@@H](CC2CNC3CCCCC23)C(=O)N[C@@H](CC2CNC3CCCCC23)C(=O)N(C)[C@@H](CC(=O)O)C(=O)N[C@@H](CC2CNCN2)C(=O)N[C@@H](CC2CCC(O)CC2)C(=O)N2CCC[C@H]2C(=O)N[C@H](C(N)=O)CSCc2cccc(c2)CSCCC(=O)N[C@@H](CCCCN)C1=O. The highest BCUT2D eigenvalue weighted by molar-refractivity contribution is 7.98. The van der Waals surface area contributed by atoms with Crippen LogP contribution in [0.2, 0.25) is 0 Å². The largest absolute Gasteiger partial charge is 0.481 e. The molecule has 0 spiro atoms. The fourth-order valence-corrected chi connectivity index (χ4v) is 18.5. The molecular weight excluding hydrogens is 1320 g/mol. The second-order valence-corrected chi connectivity index (χ2v) is 31.5. The van der Waals surface area contributed by atoms with Crippen molar-refractivity contribution in [3.63, 3.8) is 0 Å². The molecule has 1 aromatic carbocycles. The summed E-state index contributed by atoms with van der Waals surface area (Å²) in [6.07, 6.45) is 10.9. The first-order chi connectivity index (χ1) is 48.1. The first-order valence-electron chi connectivity index (χ1n) is 36.8. The molecule has 7 unspecified atom stereocenters. The molecule has 1 aromatic rings. The zero-order valence-electron chi connectivity index (χ0n) is 58.4. The summed E-state index contributed by atoms with van der Waals surface area (Å²) in [5.41, 5.74) is 13.7. The Morgan fingerprint density at radius 3 is 1.85 bits per heavy atom. The number of nitrogens with zero attached hydrogens (tertiary/aromatic N) is 3. The van der Waals surface area contributed by atoms with Crippen molar-refractivity contribution in [3.8, 4) is 0 Å². The number of benzene rings is 1. The Morgan fingerprint density at radius 1 is 0.610 bits per heavy atom. The Labute approximate surface area is 596 Å². The van der Waals surface area contributed by atoms with Gasteiger partial charge in [0.2, 0.25) is 59.1 Å². The summed E-state index contributed by atoms with van der Waals surface area (Å²) in [6, 6.07) is -2.22. The highest BCUT2D eigenvalue weighted by Crippen LogP contribution is 2.39. The molecule has 0 radical (unpaired) electrons. The number of aliphatic hydroxyl groups is 1. The number of carbonyl (C=O) groups is 11. The van der Waals surface area contributed by atoms with Crippen molar-refractivity contribution < 1.29 is 63.0 Å². The fourth-order valence-electron chi connectivity index (χ4n) is 16.6. The molecule has 100 heavy (non-hydrogen) atoms. The molecule has 16 N–H and O–H groups in total. The van der Waals surface area contributed by atoms with Crippen molar-refractivity contribution in [2.75, 3.05) is 71.5 Å². The maximum Gasteiger partial charge on any atom is 0.305 e. The van der Waals surface area contributed by atoms with E-state index in [4.69, 9.17) is 11.5 Å². The first kappa shape index (κ1) is 78.0. The number of aliphatic carboxylic acids is 1. The lowest BCUT2D eigenvalue weighted by Crippen LogP contribution is -2.61. The van der Waals surface area contributed by atoms with Crippen LogP contribution in [0.3, 0.4) is 0 Å². The van der Waals surface area contributed by atoms with Crippen LogP contribution in [0.1, 0.15) is 159 Å². The van der Waals surface area contributed by atoms with E-state index in [9.17, 15) is 39.0 Å². The smallest absolute Gasteiger partial charge is 0.305 e. The van der Waals surface area contributed by atoms with E-state index in [1.807, 2.05) is 24.3 Å². The molecular formula is C70H111N15O13S2. The van der Waals surface area contributed by atoms with Crippen molar-refractivity contribution in [1.82, 2.24) is 67.9 Å². The number of thioether (sulfide) groups is 2. The van der Waals surface area contributed by atoms with Gasteiger partial charge >= 0.3 is 5.97 Å². The minimum absolute atomic E-state index is 0.0403. The van der Waals surface area contributed by atoms with E-state index < -0.39 is 133 Å². The van der Waals surface area contributed by atoms with Crippen LogP contribution in [0.5, 0.6) is 0 Å². The molecule has 3 aliphatic carbocycles. The third kappa shape index (κ3) is 22.2. The van der Waals surface area contributed by atoms with E-state index >= 15 is 24.0 Å². The molecule has 9 rings (SSSR count). The number of aliphatic hydroxyl groups excluding tert-OH is 1. The third-order valence-corrected chi connectivity index (χ3v) is 24.3. The van der Waals surface area contributed by atoms with Crippen molar-refractivity contribution in [2.24, 2.45) is 41.1 Å². The van der Waals surface area contributed by atoms with Gasteiger partial charge in [-0.05, 0) is 170 Å². The zero-order valence-corrected chi connectivity index (χ0v) is 60.0. The number of hydrogen-bond acceptors (Lipinski definition) is 19. The van der Waals surface area contributed by atoms with Gasteiger partial charge in [-0.15, -0.1) is 0 Å². The van der Waals surface area contributed by atoms with E-state index in [1.165, 1.54) is 47.4 Å². The van der Waals surface area contributed by atoms with Crippen LogP contribution in [0.15, 0.2) is 24.3 Å². The average Bonchev–Trinajstić information content (AvgIpc) is 1.55. The maximum atomic E-state index is 15.6. The van der Waals surface area contributed by atoms with Gasteiger partial charge in [0.1, 0.15) is 48.3 Å². The van der Waals surface area contributed by atoms with Gasteiger partial charge < -0.3 is 89.5 Å². The number of primary amides is 1. The number of amides is 10. The predicted octanol–water partition coefficient (Wildman–Crippen LogP) is 0.0177. The van der Waals surface area contributed by atoms with Gasteiger partial charge in [0, 0.05) is 81.4 Å². The number of nitrogens with one attached hydrogen (secondary N) is 10. The van der Waals surface area contributed by atoms with E-state index in [0.29, 0.717) is 95.1 Å². The second-order valence-electron chi connectivity index (χ2n) is 29.4. The van der Waals surface area contributed by atoms with Gasteiger partial charge in [-0.1, -0.05) is 49.9 Å². The molecule has 5 aliphatic heterocycles. The molecule has 30 heteroatoms. The number of carbonyl (C=O) groups excluding carboxylic acids is 10. The van der Waals surface area contributed by atoms with E-state index in [1.54, 1.807) is 0 Å². The zero-order chi connectivity index (χ0) is 71.4. The molecule has 3 saturated carbocycles. The quantitative estimate of drug-likeness (QED) is 0.103. The number of nitrogens with two attached hydrogens (primary N) is 2. The standard InChI is InChI=1S/C70H111N15O13S2/c1-83-36-61(88)78-53(29-44-33-74-50-15-5-3-13-48(44)50)64(92)81-56(30-45-34-75-51-16-6-4-14-49(45)51)69(97)84(2)59(32-62(89)90)67(95)79-54(31-46-35-73-40-76-46)65(93)80-55(28-41-19-21-47(86)22-20-41)70(98)85-25-10-18-58(85)66(94)82-57(63(72)91)39-100-38-43-12-9-11-42(27-43)37-99-26-23-60(87)77-52(68(83)96)17-7-8-24-71/h9,11-12,27,41,44-59,73-76,86H,3-8,10,13-26,28-40,71H2,1-2H3,(H2,72,91)(H,77,87)(H,78,88)(H,79,95)(H,80,93)(H,81,92)(H,82,94)(H,89,90)/t41?,44?,45?,46?,47?,48?,49?,50?,51?,52-,53-,54-,55-,56-,57-,58-,59-/m0/s1. The summed E-state index contributed by atoms with van der Waals surface area (Å²) in [4.78, 5) is 163. The van der Waals surface area contributed by atoms with Crippen LogP contribution in [-0.2, 0) is 64.2 Å². The Kier molecular flexibility index (Phi) is 29.9.